The standard InChI is InChI=1S/C16H23NO/c18-15-8-9-16-14(11-15)7-4-10-17(16)12-13-5-2-1-3-6-13/h1-3,5-6,14-16,18H,4,7-12H2. The average molecular weight is 245 g/mol. The first-order valence-corrected chi connectivity index (χ1v) is 7.29. The van der Waals surface area contributed by atoms with Gasteiger partial charge in [-0.25, -0.2) is 0 Å². The molecule has 2 heteroatoms. The molecule has 18 heavy (non-hydrogen) atoms. The minimum Gasteiger partial charge on any atom is -0.393 e. The Hall–Kier alpha value is -0.860. The van der Waals surface area contributed by atoms with E-state index in [2.05, 4.69) is 35.2 Å². The van der Waals surface area contributed by atoms with E-state index in [9.17, 15) is 5.11 Å². The molecule has 1 heterocycles. The number of piperidine rings is 1. The number of likely N-dealkylation sites (tertiary alicyclic amines) is 1. The van der Waals surface area contributed by atoms with Crippen molar-refractivity contribution in [1.82, 2.24) is 4.90 Å². The summed E-state index contributed by atoms with van der Waals surface area (Å²) in [6, 6.07) is 11.5. The van der Waals surface area contributed by atoms with Crippen LogP contribution in [0.25, 0.3) is 0 Å². The van der Waals surface area contributed by atoms with Gasteiger partial charge in [-0.05, 0) is 50.1 Å². The second-order valence-corrected chi connectivity index (χ2v) is 5.89. The molecule has 98 valence electrons. The Kier molecular flexibility index (Phi) is 3.67. The quantitative estimate of drug-likeness (QED) is 0.866. The van der Waals surface area contributed by atoms with Crippen molar-refractivity contribution in [2.24, 2.45) is 5.92 Å². The van der Waals surface area contributed by atoms with Crippen molar-refractivity contribution in [3.05, 3.63) is 35.9 Å². The fraction of sp³-hybridized carbons (Fsp3) is 0.625. The van der Waals surface area contributed by atoms with Crippen LogP contribution >= 0.6 is 0 Å². The minimum atomic E-state index is -0.0390. The lowest BCUT2D eigenvalue weighted by Gasteiger charge is -2.45. The van der Waals surface area contributed by atoms with Gasteiger partial charge in [-0.1, -0.05) is 30.3 Å². The Bertz CT molecular complexity index is 378. The third-order valence-corrected chi connectivity index (χ3v) is 4.63. The van der Waals surface area contributed by atoms with Crippen molar-refractivity contribution in [1.29, 1.82) is 0 Å². The highest BCUT2D eigenvalue weighted by Crippen LogP contribution is 2.36. The van der Waals surface area contributed by atoms with Crippen molar-refractivity contribution in [3.8, 4) is 0 Å². The number of benzene rings is 1. The van der Waals surface area contributed by atoms with Crippen molar-refractivity contribution in [2.45, 2.75) is 50.8 Å². The summed E-state index contributed by atoms with van der Waals surface area (Å²) in [5.41, 5.74) is 1.42. The Morgan fingerprint density at radius 1 is 1.11 bits per heavy atom. The summed E-state index contributed by atoms with van der Waals surface area (Å²) < 4.78 is 0. The molecular formula is C16H23NO. The van der Waals surface area contributed by atoms with Crippen LogP contribution in [0.1, 0.15) is 37.7 Å². The van der Waals surface area contributed by atoms with Gasteiger partial charge in [0, 0.05) is 12.6 Å². The van der Waals surface area contributed by atoms with Crippen LogP contribution in [-0.4, -0.2) is 28.7 Å². The smallest absolute Gasteiger partial charge is 0.0544 e. The molecule has 2 aliphatic rings. The van der Waals surface area contributed by atoms with Crippen LogP contribution < -0.4 is 0 Å². The molecule has 1 saturated heterocycles. The maximum Gasteiger partial charge on any atom is 0.0544 e. The molecule has 0 bridgehead atoms. The van der Waals surface area contributed by atoms with Crippen molar-refractivity contribution < 1.29 is 5.11 Å². The van der Waals surface area contributed by atoms with Crippen LogP contribution in [0, 0.1) is 5.92 Å². The van der Waals surface area contributed by atoms with E-state index in [-0.39, 0.29) is 6.10 Å². The van der Waals surface area contributed by atoms with Gasteiger partial charge in [0.05, 0.1) is 6.10 Å². The Labute approximate surface area is 110 Å². The molecule has 0 amide bonds. The van der Waals surface area contributed by atoms with Gasteiger partial charge in [0.25, 0.3) is 0 Å². The number of hydrogen-bond acceptors (Lipinski definition) is 2. The summed E-state index contributed by atoms with van der Waals surface area (Å²) in [6.07, 6.45) is 5.76. The van der Waals surface area contributed by atoms with Crippen LogP contribution in [0.3, 0.4) is 0 Å². The fourth-order valence-corrected chi connectivity index (χ4v) is 3.75. The first-order chi connectivity index (χ1) is 8.83. The zero-order valence-electron chi connectivity index (χ0n) is 11.0. The molecule has 1 aliphatic carbocycles. The highest BCUT2D eigenvalue weighted by atomic mass is 16.3. The van der Waals surface area contributed by atoms with Crippen LogP contribution in [0.15, 0.2) is 30.3 Å². The number of rotatable bonds is 2. The molecule has 0 spiro atoms. The molecule has 1 aromatic rings. The number of hydrogen-bond donors (Lipinski definition) is 1. The molecule has 0 radical (unpaired) electrons. The van der Waals surface area contributed by atoms with E-state index >= 15 is 0 Å². The Balaban J connectivity index is 1.68. The van der Waals surface area contributed by atoms with Crippen molar-refractivity contribution in [2.75, 3.05) is 6.54 Å². The van der Waals surface area contributed by atoms with Crippen molar-refractivity contribution >= 4 is 0 Å². The summed E-state index contributed by atoms with van der Waals surface area (Å²) in [5, 5.41) is 9.81. The maximum atomic E-state index is 9.81. The summed E-state index contributed by atoms with van der Waals surface area (Å²) >= 11 is 0. The third-order valence-electron chi connectivity index (χ3n) is 4.63. The summed E-state index contributed by atoms with van der Waals surface area (Å²) in [5.74, 6) is 0.728. The lowest BCUT2D eigenvalue weighted by Crippen LogP contribution is -2.48. The molecule has 2 nitrogen and oxygen atoms in total. The van der Waals surface area contributed by atoms with Gasteiger partial charge in [0.1, 0.15) is 0 Å². The van der Waals surface area contributed by atoms with Gasteiger partial charge in [0.2, 0.25) is 0 Å². The van der Waals surface area contributed by atoms with Gasteiger partial charge in [-0.15, -0.1) is 0 Å². The van der Waals surface area contributed by atoms with E-state index in [1.807, 2.05) is 0 Å². The van der Waals surface area contributed by atoms with E-state index in [4.69, 9.17) is 0 Å². The molecule has 1 aromatic carbocycles. The van der Waals surface area contributed by atoms with Gasteiger partial charge in [-0.2, -0.15) is 0 Å². The number of aliphatic hydroxyl groups is 1. The first-order valence-electron chi connectivity index (χ1n) is 7.29. The summed E-state index contributed by atoms with van der Waals surface area (Å²) in [7, 11) is 0. The zero-order valence-corrected chi connectivity index (χ0v) is 11.0. The van der Waals surface area contributed by atoms with Crippen molar-refractivity contribution in [3.63, 3.8) is 0 Å². The third kappa shape index (κ3) is 2.60. The number of nitrogens with zero attached hydrogens (tertiary/aromatic N) is 1. The number of fused-ring (bicyclic) bond motifs is 1. The highest BCUT2D eigenvalue weighted by Gasteiger charge is 2.35. The monoisotopic (exact) mass is 245 g/mol. The fourth-order valence-electron chi connectivity index (χ4n) is 3.75. The van der Waals surface area contributed by atoms with Gasteiger partial charge in [0.15, 0.2) is 0 Å². The van der Waals surface area contributed by atoms with E-state index < -0.39 is 0 Å². The SMILES string of the molecule is OC1CCC2C(CCCN2Cc2ccccc2)C1. The maximum absolute atomic E-state index is 9.81. The minimum absolute atomic E-state index is 0.0390. The lowest BCUT2D eigenvalue weighted by molar-refractivity contribution is 0.00134. The van der Waals surface area contributed by atoms with E-state index in [0.717, 1.165) is 25.3 Å². The molecule has 2 fully saturated rings. The number of aliphatic hydroxyl groups excluding tert-OH is 1. The Morgan fingerprint density at radius 3 is 2.78 bits per heavy atom. The predicted octanol–water partition coefficient (Wildman–Crippen LogP) is 2.81. The van der Waals surface area contributed by atoms with E-state index in [1.54, 1.807) is 0 Å². The molecular weight excluding hydrogens is 222 g/mol. The zero-order chi connectivity index (χ0) is 12.4. The normalized spacial score (nSPS) is 33.1. The first kappa shape index (κ1) is 12.2. The predicted molar refractivity (Wildman–Crippen MR) is 73.2 cm³/mol. The van der Waals surface area contributed by atoms with E-state index in [1.165, 1.54) is 31.4 Å². The molecule has 1 aliphatic heterocycles. The van der Waals surface area contributed by atoms with Gasteiger partial charge < -0.3 is 5.11 Å². The second-order valence-electron chi connectivity index (χ2n) is 5.89. The molecule has 3 rings (SSSR count). The summed E-state index contributed by atoms with van der Waals surface area (Å²) in [6.45, 7) is 2.31. The lowest BCUT2D eigenvalue weighted by atomic mass is 9.77. The van der Waals surface area contributed by atoms with Gasteiger partial charge >= 0.3 is 0 Å². The molecule has 3 unspecified atom stereocenters. The molecule has 3 atom stereocenters. The van der Waals surface area contributed by atoms with Gasteiger partial charge in [-0.3, -0.25) is 4.90 Å². The van der Waals surface area contributed by atoms with Crippen LogP contribution in [0.2, 0.25) is 0 Å². The average Bonchev–Trinajstić information content (AvgIpc) is 2.40. The van der Waals surface area contributed by atoms with Crippen LogP contribution in [0.4, 0.5) is 0 Å². The highest BCUT2D eigenvalue weighted by molar-refractivity contribution is 5.14. The van der Waals surface area contributed by atoms with Crippen LogP contribution in [0.5, 0.6) is 0 Å². The van der Waals surface area contributed by atoms with E-state index in [0.29, 0.717) is 6.04 Å². The Morgan fingerprint density at radius 2 is 1.94 bits per heavy atom. The molecule has 1 saturated carbocycles. The topological polar surface area (TPSA) is 23.5 Å². The molecule has 1 N–H and O–H groups in total. The summed E-state index contributed by atoms with van der Waals surface area (Å²) in [4.78, 5) is 2.65. The molecule has 0 aromatic heterocycles. The largest absolute Gasteiger partial charge is 0.393 e. The van der Waals surface area contributed by atoms with Crippen LogP contribution in [-0.2, 0) is 6.54 Å². The second kappa shape index (κ2) is 5.41.